The van der Waals surface area contributed by atoms with Crippen LogP contribution in [0.25, 0.3) is 0 Å². The third-order valence-electron chi connectivity index (χ3n) is 3.01. The van der Waals surface area contributed by atoms with Crippen LogP contribution in [-0.2, 0) is 4.74 Å². The van der Waals surface area contributed by atoms with Crippen LogP contribution in [0.15, 0.2) is 42.5 Å². The molecule has 4 nitrogen and oxygen atoms in total. The molecule has 21 heavy (non-hydrogen) atoms. The molecule has 1 N–H and O–H groups in total. The van der Waals surface area contributed by atoms with Crippen molar-refractivity contribution >= 4 is 29.2 Å². The summed E-state index contributed by atoms with van der Waals surface area (Å²) in [6.45, 7) is 1.80. The number of esters is 1. The molecule has 0 fully saturated rings. The molecule has 0 spiro atoms. The van der Waals surface area contributed by atoms with Gasteiger partial charge in [0.25, 0.3) is 5.91 Å². The van der Waals surface area contributed by atoms with Crippen molar-refractivity contribution in [2.45, 2.75) is 6.92 Å². The Kier molecular flexibility index (Phi) is 4.60. The standard InChI is InChI=1S/C16H14ClNO3/c1-10-9-11(16(20)21-2)7-8-14(10)18-15(19)12-5-3-4-6-13(12)17/h3-9H,1-2H3,(H,18,19). The first-order valence-electron chi connectivity index (χ1n) is 6.27. The molecule has 0 radical (unpaired) electrons. The summed E-state index contributed by atoms with van der Waals surface area (Å²) in [5.41, 5.74) is 2.22. The van der Waals surface area contributed by atoms with Crippen molar-refractivity contribution in [3.05, 3.63) is 64.2 Å². The number of methoxy groups -OCH3 is 1. The Hall–Kier alpha value is -2.33. The van der Waals surface area contributed by atoms with Gasteiger partial charge in [0, 0.05) is 5.69 Å². The summed E-state index contributed by atoms with van der Waals surface area (Å²) in [4.78, 5) is 23.6. The molecule has 0 bridgehead atoms. The third-order valence-corrected chi connectivity index (χ3v) is 3.34. The quantitative estimate of drug-likeness (QED) is 0.880. The number of hydrogen-bond acceptors (Lipinski definition) is 3. The Morgan fingerprint density at radius 3 is 2.48 bits per heavy atom. The number of hydrogen-bond donors (Lipinski definition) is 1. The maximum Gasteiger partial charge on any atom is 0.337 e. The van der Waals surface area contributed by atoms with E-state index in [0.29, 0.717) is 21.8 Å². The van der Waals surface area contributed by atoms with Gasteiger partial charge in [-0.3, -0.25) is 4.79 Å². The minimum atomic E-state index is -0.415. The lowest BCUT2D eigenvalue weighted by Crippen LogP contribution is -2.13. The van der Waals surface area contributed by atoms with Crippen LogP contribution in [0, 0.1) is 6.92 Å². The van der Waals surface area contributed by atoms with Gasteiger partial charge >= 0.3 is 5.97 Å². The second kappa shape index (κ2) is 6.41. The van der Waals surface area contributed by atoms with E-state index >= 15 is 0 Å². The Morgan fingerprint density at radius 1 is 1.14 bits per heavy atom. The van der Waals surface area contributed by atoms with Crippen LogP contribution in [0.3, 0.4) is 0 Å². The monoisotopic (exact) mass is 303 g/mol. The van der Waals surface area contributed by atoms with Gasteiger partial charge in [0.1, 0.15) is 0 Å². The Balaban J connectivity index is 2.22. The molecule has 0 aromatic heterocycles. The third kappa shape index (κ3) is 3.41. The lowest BCUT2D eigenvalue weighted by Gasteiger charge is -2.10. The van der Waals surface area contributed by atoms with E-state index in [1.165, 1.54) is 7.11 Å². The minimum absolute atomic E-state index is 0.297. The van der Waals surface area contributed by atoms with Gasteiger partial charge in [0.2, 0.25) is 0 Å². The first-order valence-corrected chi connectivity index (χ1v) is 6.65. The average molecular weight is 304 g/mol. The van der Waals surface area contributed by atoms with E-state index in [2.05, 4.69) is 10.1 Å². The van der Waals surface area contributed by atoms with Crippen LogP contribution in [0.4, 0.5) is 5.69 Å². The molecule has 0 atom stereocenters. The molecule has 0 unspecified atom stereocenters. The maximum absolute atomic E-state index is 12.2. The smallest absolute Gasteiger partial charge is 0.337 e. The maximum atomic E-state index is 12.2. The van der Waals surface area contributed by atoms with Crippen LogP contribution in [0.1, 0.15) is 26.3 Å². The highest BCUT2D eigenvalue weighted by atomic mass is 35.5. The summed E-state index contributed by atoms with van der Waals surface area (Å²) in [6, 6.07) is 11.7. The number of rotatable bonds is 3. The molecule has 0 aliphatic heterocycles. The van der Waals surface area contributed by atoms with E-state index in [0.717, 1.165) is 5.56 Å². The average Bonchev–Trinajstić information content (AvgIpc) is 2.48. The van der Waals surface area contributed by atoms with Gasteiger partial charge in [0.05, 0.1) is 23.3 Å². The second-order valence-corrected chi connectivity index (χ2v) is 4.86. The summed E-state index contributed by atoms with van der Waals surface area (Å²) in [5, 5.41) is 3.16. The lowest BCUT2D eigenvalue weighted by atomic mass is 10.1. The van der Waals surface area contributed by atoms with Crippen molar-refractivity contribution in [1.82, 2.24) is 0 Å². The van der Waals surface area contributed by atoms with E-state index in [9.17, 15) is 9.59 Å². The highest BCUT2D eigenvalue weighted by Crippen LogP contribution is 2.20. The van der Waals surface area contributed by atoms with Gasteiger partial charge in [-0.1, -0.05) is 23.7 Å². The van der Waals surface area contributed by atoms with Gasteiger partial charge < -0.3 is 10.1 Å². The molecule has 2 rings (SSSR count). The lowest BCUT2D eigenvalue weighted by molar-refractivity contribution is 0.0600. The molecule has 108 valence electrons. The normalized spacial score (nSPS) is 10.0. The van der Waals surface area contributed by atoms with Crippen LogP contribution >= 0.6 is 11.6 Å². The topological polar surface area (TPSA) is 55.4 Å². The van der Waals surface area contributed by atoms with Crippen LogP contribution in [-0.4, -0.2) is 19.0 Å². The van der Waals surface area contributed by atoms with Crippen molar-refractivity contribution in [2.24, 2.45) is 0 Å². The van der Waals surface area contributed by atoms with Crippen LogP contribution in [0.2, 0.25) is 5.02 Å². The number of aryl methyl sites for hydroxylation is 1. The van der Waals surface area contributed by atoms with E-state index in [-0.39, 0.29) is 5.91 Å². The van der Waals surface area contributed by atoms with Crippen molar-refractivity contribution in [2.75, 3.05) is 12.4 Å². The number of carbonyl (C=O) groups is 2. The number of amides is 1. The van der Waals surface area contributed by atoms with Crippen LogP contribution < -0.4 is 5.32 Å². The van der Waals surface area contributed by atoms with E-state index in [4.69, 9.17) is 11.6 Å². The number of anilines is 1. The second-order valence-electron chi connectivity index (χ2n) is 4.46. The zero-order chi connectivity index (χ0) is 15.4. The molecule has 0 aliphatic carbocycles. The molecule has 5 heteroatoms. The summed E-state index contributed by atoms with van der Waals surface area (Å²) in [6.07, 6.45) is 0. The molecule has 1 amide bonds. The number of benzene rings is 2. The summed E-state index contributed by atoms with van der Waals surface area (Å²) in [7, 11) is 1.32. The van der Waals surface area contributed by atoms with Crippen molar-refractivity contribution < 1.29 is 14.3 Å². The van der Waals surface area contributed by atoms with Gasteiger partial charge in [-0.2, -0.15) is 0 Å². The van der Waals surface area contributed by atoms with Gasteiger partial charge in [-0.15, -0.1) is 0 Å². The predicted molar refractivity (Wildman–Crippen MR) is 81.9 cm³/mol. The molecule has 0 saturated heterocycles. The Labute approximate surface area is 127 Å². The first kappa shape index (κ1) is 15.1. The number of halogens is 1. The first-order chi connectivity index (χ1) is 10.0. The Morgan fingerprint density at radius 2 is 1.86 bits per heavy atom. The number of carbonyl (C=O) groups excluding carboxylic acids is 2. The van der Waals surface area contributed by atoms with Crippen molar-refractivity contribution in [3.8, 4) is 0 Å². The Bertz CT molecular complexity index is 698. The predicted octanol–water partition coefficient (Wildman–Crippen LogP) is 3.69. The molecule has 0 aliphatic rings. The molecular formula is C16H14ClNO3. The fourth-order valence-corrected chi connectivity index (χ4v) is 2.11. The fraction of sp³-hybridized carbons (Fsp3) is 0.125. The molecule has 0 heterocycles. The largest absolute Gasteiger partial charge is 0.465 e. The van der Waals surface area contributed by atoms with Crippen molar-refractivity contribution in [3.63, 3.8) is 0 Å². The summed E-state index contributed by atoms with van der Waals surface area (Å²) < 4.78 is 4.65. The van der Waals surface area contributed by atoms with Gasteiger partial charge in [-0.25, -0.2) is 4.79 Å². The number of nitrogens with one attached hydrogen (secondary N) is 1. The minimum Gasteiger partial charge on any atom is -0.465 e. The fourth-order valence-electron chi connectivity index (χ4n) is 1.88. The van der Waals surface area contributed by atoms with E-state index < -0.39 is 5.97 Å². The van der Waals surface area contributed by atoms with Crippen molar-refractivity contribution in [1.29, 1.82) is 0 Å². The highest BCUT2D eigenvalue weighted by molar-refractivity contribution is 6.34. The zero-order valence-corrected chi connectivity index (χ0v) is 12.4. The zero-order valence-electron chi connectivity index (χ0n) is 11.6. The number of ether oxygens (including phenoxy) is 1. The summed E-state index contributed by atoms with van der Waals surface area (Å²) >= 11 is 5.99. The summed E-state index contributed by atoms with van der Waals surface area (Å²) in [5.74, 6) is -0.711. The molecule has 2 aromatic rings. The van der Waals surface area contributed by atoms with Gasteiger partial charge in [-0.05, 0) is 42.8 Å². The SMILES string of the molecule is COC(=O)c1ccc(NC(=O)c2ccccc2Cl)c(C)c1. The molecular weight excluding hydrogens is 290 g/mol. The van der Waals surface area contributed by atoms with Gasteiger partial charge in [0.15, 0.2) is 0 Å². The van der Waals surface area contributed by atoms with E-state index in [1.54, 1.807) is 49.4 Å². The van der Waals surface area contributed by atoms with Crippen LogP contribution in [0.5, 0.6) is 0 Å². The van der Waals surface area contributed by atoms with E-state index in [1.807, 2.05) is 0 Å². The molecule has 0 saturated carbocycles. The molecule has 2 aromatic carbocycles. The highest BCUT2D eigenvalue weighted by Gasteiger charge is 2.12.